The summed E-state index contributed by atoms with van der Waals surface area (Å²) in [6.45, 7) is 7.84. The lowest BCUT2D eigenvalue weighted by molar-refractivity contribution is 0.148. The summed E-state index contributed by atoms with van der Waals surface area (Å²) in [6.07, 6.45) is 3.27. The summed E-state index contributed by atoms with van der Waals surface area (Å²) in [6, 6.07) is 5.80. The summed E-state index contributed by atoms with van der Waals surface area (Å²) < 4.78 is 14.2. The van der Waals surface area contributed by atoms with E-state index in [1.807, 2.05) is 17.2 Å². The van der Waals surface area contributed by atoms with Crippen LogP contribution < -0.4 is 10.2 Å². The molecule has 2 saturated heterocycles. The fourth-order valence-electron chi connectivity index (χ4n) is 4.63. The lowest BCUT2D eigenvalue weighted by atomic mass is 10.1. The number of alkyl halides is 1. The molecule has 0 spiro atoms. The van der Waals surface area contributed by atoms with Gasteiger partial charge in [-0.3, -0.25) is 4.90 Å². The molecule has 5 rings (SSSR count). The van der Waals surface area contributed by atoms with Gasteiger partial charge < -0.3 is 20.2 Å². The molecule has 3 aromatic heterocycles. The van der Waals surface area contributed by atoms with E-state index in [0.29, 0.717) is 41.8 Å². The van der Waals surface area contributed by atoms with Gasteiger partial charge in [-0.05, 0) is 44.5 Å². The van der Waals surface area contributed by atoms with Gasteiger partial charge in [-0.25, -0.2) is 24.3 Å². The maximum absolute atomic E-state index is 14.2. The molecule has 2 aliphatic rings. The average Bonchev–Trinajstić information content (AvgIpc) is 2.86. The van der Waals surface area contributed by atoms with Gasteiger partial charge >= 0.3 is 0 Å². The Labute approximate surface area is 205 Å². The second-order valence-electron chi connectivity index (χ2n) is 9.62. The summed E-state index contributed by atoms with van der Waals surface area (Å²) in [5.74, 6) is 1.64. The van der Waals surface area contributed by atoms with Gasteiger partial charge in [0.15, 0.2) is 5.82 Å². The molecule has 2 aliphatic heterocycles. The predicted octanol–water partition coefficient (Wildman–Crippen LogP) is 2.90. The molecule has 3 aromatic rings. The Morgan fingerprint density at radius 3 is 2.66 bits per heavy atom. The second kappa shape index (κ2) is 10.3. The zero-order valence-corrected chi connectivity index (χ0v) is 20.4. The summed E-state index contributed by atoms with van der Waals surface area (Å²) in [7, 11) is 2.16. The first kappa shape index (κ1) is 23.8. The standard InChI is InChI=1S/C25H33FN8O/c1-17(35)21-12-19-14-28-25(31-23(19)24(29-21)34-7-3-4-20(26)16-34)30-22-6-5-18(13-27-22)15-33-10-8-32(2)9-11-33/h5-6,12-14,17,20,35H,3-4,7-11,15-16H2,1-2H3,(H,27,28,30,31)/t17?,20-/m1/s1. The lowest BCUT2D eigenvalue weighted by Crippen LogP contribution is -2.43. The smallest absolute Gasteiger partial charge is 0.229 e. The number of rotatable bonds is 6. The minimum absolute atomic E-state index is 0.272. The molecule has 5 heterocycles. The summed E-state index contributed by atoms with van der Waals surface area (Å²) in [5.41, 5.74) is 2.32. The first-order chi connectivity index (χ1) is 16.9. The Morgan fingerprint density at radius 1 is 1.11 bits per heavy atom. The average molecular weight is 481 g/mol. The van der Waals surface area contributed by atoms with E-state index in [0.717, 1.165) is 44.5 Å². The van der Waals surface area contributed by atoms with Gasteiger partial charge in [0.05, 0.1) is 18.3 Å². The summed E-state index contributed by atoms with van der Waals surface area (Å²) in [5, 5.41) is 14.1. The summed E-state index contributed by atoms with van der Waals surface area (Å²) in [4.78, 5) is 25.1. The molecule has 0 radical (unpaired) electrons. The normalized spacial score (nSPS) is 20.8. The van der Waals surface area contributed by atoms with Crippen LogP contribution in [0.2, 0.25) is 0 Å². The molecule has 2 atom stereocenters. The third kappa shape index (κ3) is 5.66. The number of aromatic nitrogens is 4. The van der Waals surface area contributed by atoms with E-state index in [9.17, 15) is 9.50 Å². The van der Waals surface area contributed by atoms with Gasteiger partial charge in [0.2, 0.25) is 5.95 Å². The number of likely N-dealkylation sites (N-methyl/N-ethyl adjacent to an activating group) is 1. The Balaban J connectivity index is 1.36. The van der Waals surface area contributed by atoms with E-state index in [1.54, 1.807) is 19.2 Å². The van der Waals surface area contributed by atoms with E-state index in [2.05, 4.69) is 43.2 Å². The van der Waals surface area contributed by atoms with Crippen molar-refractivity contribution in [3.05, 3.63) is 41.9 Å². The Kier molecular flexibility index (Phi) is 7.03. The van der Waals surface area contributed by atoms with E-state index < -0.39 is 12.3 Å². The van der Waals surface area contributed by atoms with Gasteiger partial charge in [-0.1, -0.05) is 6.07 Å². The first-order valence-corrected chi connectivity index (χ1v) is 12.3. The molecule has 2 N–H and O–H groups in total. The zero-order chi connectivity index (χ0) is 24.4. The highest BCUT2D eigenvalue weighted by Crippen LogP contribution is 2.30. The van der Waals surface area contributed by atoms with Gasteiger partial charge in [-0.15, -0.1) is 0 Å². The predicted molar refractivity (Wildman–Crippen MR) is 135 cm³/mol. The molecule has 0 aromatic carbocycles. The van der Waals surface area contributed by atoms with Crippen molar-refractivity contribution in [2.45, 2.75) is 38.6 Å². The number of halogens is 1. The molecule has 10 heteroatoms. The van der Waals surface area contributed by atoms with E-state index >= 15 is 0 Å². The third-order valence-corrected chi connectivity index (χ3v) is 6.73. The van der Waals surface area contributed by atoms with Crippen molar-refractivity contribution in [2.75, 3.05) is 56.5 Å². The molecule has 186 valence electrons. The Bertz CT molecular complexity index is 1150. The molecule has 9 nitrogen and oxygen atoms in total. The highest BCUT2D eigenvalue weighted by molar-refractivity contribution is 5.89. The van der Waals surface area contributed by atoms with Gasteiger partial charge in [0, 0.05) is 57.0 Å². The van der Waals surface area contributed by atoms with Crippen molar-refractivity contribution in [1.29, 1.82) is 0 Å². The first-order valence-electron chi connectivity index (χ1n) is 12.3. The van der Waals surface area contributed by atoms with Crippen LogP contribution in [0.25, 0.3) is 10.9 Å². The van der Waals surface area contributed by atoms with Gasteiger partial charge in [0.1, 0.15) is 17.5 Å². The minimum atomic E-state index is -0.899. The molecule has 0 bridgehead atoms. The highest BCUT2D eigenvalue weighted by atomic mass is 19.1. The van der Waals surface area contributed by atoms with Crippen LogP contribution in [0, 0.1) is 0 Å². The molecule has 1 unspecified atom stereocenters. The highest BCUT2D eigenvalue weighted by Gasteiger charge is 2.24. The van der Waals surface area contributed by atoms with Crippen molar-refractivity contribution in [3.63, 3.8) is 0 Å². The monoisotopic (exact) mass is 480 g/mol. The molecule has 0 saturated carbocycles. The van der Waals surface area contributed by atoms with E-state index in [4.69, 9.17) is 4.98 Å². The topological polar surface area (TPSA) is 93.5 Å². The maximum atomic E-state index is 14.2. The Hall–Kier alpha value is -2.95. The number of nitrogens with zero attached hydrogens (tertiary/aromatic N) is 7. The molecule has 0 amide bonds. The maximum Gasteiger partial charge on any atom is 0.229 e. The molecule has 2 fully saturated rings. The van der Waals surface area contributed by atoms with Crippen LogP contribution >= 0.6 is 0 Å². The fraction of sp³-hybridized carbons (Fsp3) is 0.520. The number of piperazine rings is 1. The fourth-order valence-corrected chi connectivity index (χ4v) is 4.63. The number of nitrogens with one attached hydrogen (secondary N) is 1. The van der Waals surface area contributed by atoms with Crippen molar-refractivity contribution in [2.24, 2.45) is 0 Å². The van der Waals surface area contributed by atoms with Crippen molar-refractivity contribution in [1.82, 2.24) is 29.7 Å². The number of anilines is 3. The Morgan fingerprint density at radius 2 is 1.94 bits per heavy atom. The summed E-state index contributed by atoms with van der Waals surface area (Å²) >= 11 is 0. The van der Waals surface area contributed by atoms with Crippen LogP contribution in [0.1, 0.15) is 37.1 Å². The van der Waals surface area contributed by atoms with Crippen LogP contribution in [0.4, 0.5) is 22.0 Å². The largest absolute Gasteiger partial charge is 0.387 e. The number of piperidine rings is 1. The van der Waals surface area contributed by atoms with Crippen molar-refractivity contribution >= 4 is 28.5 Å². The van der Waals surface area contributed by atoms with Crippen LogP contribution in [0.3, 0.4) is 0 Å². The molecule has 35 heavy (non-hydrogen) atoms. The molecular weight excluding hydrogens is 447 g/mol. The number of hydrogen-bond acceptors (Lipinski definition) is 9. The molecule has 0 aliphatic carbocycles. The quantitative estimate of drug-likeness (QED) is 0.552. The van der Waals surface area contributed by atoms with Crippen molar-refractivity contribution in [3.8, 4) is 0 Å². The number of fused-ring (bicyclic) bond motifs is 1. The third-order valence-electron chi connectivity index (χ3n) is 6.73. The van der Waals surface area contributed by atoms with Crippen molar-refractivity contribution < 1.29 is 9.50 Å². The number of aliphatic hydroxyl groups is 1. The lowest BCUT2D eigenvalue weighted by Gasteiger charge is -2.32. The number of pyridine rings is 2. The number of aliphatic hydroxyl groups excluding tert-OH is 1. The zero-order valence-electron chi connectivity index (χ0n) is 20.4. The van der Waals surface area contributed by atoms with Crippen LogP contribution in [0.15, 0.2) is 30.6 Å². The van der Waals surface area contributed by atoms with E-state index in [1.165, 1.54) is 5.56 Å². The van der Waals surface area contributed by atoms with Crippen LogP contribution in [0.5, 0.6) is 0 Å². The van der Waals surface area contributed by atoms with Crippen LogP contribution in [-0.2, 0) is 6.54 Å². The SMILES string of the molecule is CC(O)c1cc2cnc(Nc3ccc(CN4CCN(C)CC4)cn3)nc2c(N2CCC[C@@H](F)C2)n1. The molecular formula is C25H33FN8O. The minimum Gasteiger partial charge on any atom is -0.387 e. The van der Waals surface area contributed by atoms with E-state index in [-0.39, 0.29) is 6.54 Å². The number of hydrogen-bond donors (Lipinski definition) is 2. The van der Waals surface area contributed by atoms with Gasteiger partial charge in [0.25, 0.3) is 0 Å². The van der Waals surface area contributed by atoms with Gasteiger partial charge in [-0.2, -0.15) is 0 Å². The second-order valence-corrected chi connectivity index (χ2v) is 9.62. The van der Waals surface area contributed by atoms with Crippen LogP contribution in [-0.4, -0.2) is 87.3 Å².